The fourth-order valence-corrected chi connectivity index (χ4v) is 4.33. The summed E-state index contributed by atoms with van der Waals surface area (Å²) >= 11 is 5.77. The molecule has 1 aliphatic rings. The van der Waals surface area contributed by atoms with E-state index in [2.05, 4.69) is 15.3 Å². The molecule has 2 aromatic rings. The molecule has 0 radical (unpaired) electrons. The lowest BCUT2D eigenvalue weighted by atomic mass is 9.97. The predicted molar refractivity (Wildman–Crippen MR) is 97.3 cm³/mol. The first kappa shape index (κ1) is 18.8. The van der Waals surface area contributed by atoms with Crippen LogP contribution >= 0.6 is 11.6 Å². The Bertz CT molecular complexity index is 874. The second-order valence-electron chi connectivity index (χ2n) is 6.07. The molecule has 3 rings (SSSR count). The molecule has 1 amide bonds. The van der Waals surface area contributed by atoms with Crippen LogP contribution in [0.15, 0.2) is 35.9 Å². The molecule has 0 unspecified atom stereocenters. The Morgan fingerprint density at radius 3 is 2.62 bits per heavy atom. The summed E-state index contributed by atoms with van der Waals surface area (Å²) in [7, 11) is -3.62. The van der Waals surface area contributed by atoms with Gasteiger partial charge in [0, 0.05) is 37.9 Å². The third-order valence-electron chi connectivity index (χ3n) is 4.38. The van der Waals surface area contributed by atoms with Crippen LogP contribution in [0.1, 0.15) is 19.8 Å². The molecule has 140 valence electrons. The van der Waals surface area contributed by atoms with Crippen LogP contribution in [0, 0.1) is 5.92 Å². The van der Waals surface area contributed by atoms with Crippen LogP contribution in [0.25, 0.3) is 0 Å². The molecular weight excluding hydrogens is 378 g/mol. The summed E-state index contributed by atoms with van der Waals surface area (Å²) in [5.41, 5.74) is 0. The zero-order valence-electron chi connectivity index (χ0n) is 14.3. The molecule has 0 aromatic carbocycles. The minimum absolute atomic E-state index is 0.0487. The highest BCUT2D eigenvalue weighted by Gasteiger charge is 2.33. The van der Waals surface area contributed by atoms with E-state index in [4.69, 9.17) is 11.6 Å². The van der Waals surface area contributed by atoms with Crippen LogP contribution < -0.4 is 5.32 Å². The van der Waals surface area contributed by atoms with Crippen molar-refractivity contribution in [3.63, 3.8) is 0 Å². The van der Waals surface area contributed by atoms with Gasteiger partial charge >= 0.3 is 0 Å². The molecule has 10 heteroatoms. The fraction of sp³-hybridized carbons (Fsp3) is 0.438. The predicted octanol–water partition coefficient (Wildman–Crippen LogP) is 1.99. The van der Waals surface area contributed by atoms with Gasteiger partial charge in [-0.25, -0.2) is 18.4 Å². The van der Waals surface area contributed by atoms with Crippen molar-refractivity contribution in [3.05, 3.63) is 35.9 Å². The molecule has 1 fully saturated rings. The van der Waals surface area contributed by atoms with Gasteiger partial charge in [0.05, 0.1) is 11.3 Å². The number of pyridine rings is 1. The lowest BCUT2D eigenvalue weighted by Gasteiger charge is -2.29. The third kappa shape index (κ3) is 4.05. The standard InChI is InChI=1S/C16H20ClN5O3S/c1-2-21-10-15(19-11-21)26(24,25)22-7-5-12(6-8-22)16(23)20-14-4-3-13(17)9-18-14/h3-4,9-12H,2,5-8H2,1H3,(H,18,20,23). The number of anilines is 1. The highest BCUT2D eigenvalue weighted by molar-refractivity contribution is 7.89. The van der Waals surface area contributed by atoms with E-state index in [-0.39, 0.29) is 29.9 Å². The van der Waals surface area contributed by atoms with Gasteiger partial charge in [-0.15, -0.1) is 0 Å². The molecule has 26 heavy (non-hydrogen) atoms. The average Bonchev–Trinajstić information content (AvgIpc) is 3.14. The number of nitrogens with one attached hydrogen (secondary N) is 1. The van der Waals surface area contributed by atoms with Gasteiger partial charge in [-0.3, -0.25) is 4.79 Å². The van der Waals surface area contributed by atoms with Crippen molar-refractivity contribution >= 4 is 33.3 Å². The molecule has 2 aromatic heterocycles. The van der Waals surface area contributed by atoms with Gasteiger partial charge in [0.25, 0.3) is 10.0 Å². The van der Waals surface area contributed by atoms with Crippen molar-refractivity contribution in [1.29, 1.82) is 0 Å². The zero-order valence-corrected chi connectivity index (χ0v) is 15.9. The molecular formula is C16H20ClN5O3S. The molecule has 0 saturated carbocycles. The summed E-state index contributed by atoms with van der Waals surface area (Å²) < 4.78 is 28.4. The van der Waals surface area contributed by atoms with Gasteiger partial charge in [-0.1, -0.05) is 11.6 Å². The third-order valence-corrected chi connectivity index (χ3v) is 6.39. The van der Waals surface area contributed by atoms with Crippen LogP contribution in [-0.2, 0) is 21.4 Å². The molecule has 1 N–H and O–H groups in total. The van der Waals surface area contributed by atoms with E-state index >= 15 is 0 Å². The van der Waals surface area contributed by atoms with Crippen LogP contribution in [0.5, 0.6) is 0 Å². The lowest BCUT2D eigenvalue weighted by molar-refractivity contribution is -0.120. The number of halogens is 1. The van der Waals surface area contributed by atoms with Crippen LogP contribution in [-0.4, -0.2) is 46.3 Å². The Hall–Kier alpha value is -1.97. The number of imidazole rings is 1. The summed E-state index contributed by atoms with van der Waals surface area (Å²) in [5.74, 6) is 0.0128. The van der Waals surface area contributed by atoms with Crippen molar-refractivity contribution in [2.45, 2.75) is 31.3 Å². The van der Waals surface area contributed by atoms with Crippen molar-refractivity contribution in [2.24, 2.45) is 5.92 Å². The van der Waals surface area contributed by atoms with E-state index in [1.54, 1.807) is 16.7 Å². The number of carbonyl (C=O) groups is 1. The van der Waals surface area contributed by atoms with E-state index in [0.29, 0.717) is 30.2 Å². The molecule has 0 spiro atoms. The normalized spacial score (nSPS) is 16.5. The van der Waals surface area contributed by atoms with Gasteiger partial charge in [0.2, 0.25) is 5.91 Å². The minimum atomic E-state index is -3.62. The zero-order chi connectivity index (χ0) is 18.7. The van der Waals surface area contributed by atoms with Crippen molar-refractivity contribution in [2.75, 3.05) is 18.4 Å². The number of aromatic nitrogens is 3. The van der Waals surface area contributed by atoms with Crippen molar-refractivity contribution in [1.82, 2.24) is 18.8 Å². The smallest absolute Gasteiger partial charge is 0.262 e. The van der Waals surface area contributed by atoms with Gasteiger partial charge in [0.1, 0.15) is 5.82 Å². The number of hydrogen-bond acceptors (Lipinski definition) is 5. The highest BCUT2D eigenvalue weighted by atomic mass is 35.5. The first-order valence-electron chi connectivity index (χ1n) is 8.34. The molecule has 3 heterocycles. The summed E-state index contributed by atoms with van der Waals surface area (Å²) in [6.45, 7) is 3.14. The van der Waals surface area contributed by atoms with Crippen LogP contribution in [0.2, 0.25) is 5.02 Å². The second kappa shape index (κ2) is 7.73. The molecule has 0 aliphatic carbocycles. The van der Waals surface area contributed by atoms with Gasteiger partial charge in [-0.05, 0) is 31.9 Å². The van der Waals surface area contributed by atoms with E-state index in [0.717, 1.165) is 0 Å². The van der Waals surface area contributed by atoms with Gasteiger partial charge in [-0.2, -0.15) is 4.31 Å². The maximum absolute atomic E-state index is 12.6. The summed E-state index contributed by atoms with van der Waals surface area (Å²) in [4.78, 5) is 20.4. The van der Waals surface area contributed by atoms with Crippen molar-refractivity contribution < 1.29 is 13.2 Å². The molecule has 1 saturated heterocycles. The number of hydrogen-bond donors (Lipinski definition) is 1. The highest BCUT2D eigenvalue weighted by Crippen LogP contribution is 2.24. The molecule has 0 bridgehead atoms. The molecule has 0 atom stereocenters. The largest absolute Gasteiger partial charge is 0.336 e. The topological polar surface area (TPSA) is 97.2 Å². The molecule has 1 aliphatic heterocycles. The van der Waals surface area contributed by atoms with Gasteiger partial charge < -0.3 is 9.88 Å². The first-order chi connectivity index (χ1) is 12.4. The van der Waals surface area contributed by atoms with Gasteiger partial charge in [0.15, 0.2) is 5.03 Å². The van der Waals surface area contributed by atoms with Crippen molar-refractivity contribution in [3.8, 4) is 0 Å². The number of aryl methyl sites for hydroxylation is 1. The van der Waals surface area contributed by atoms with E-state index in [1.165, 1.54) is 23.0 Å². The van der Waals surface area contributed by atoms with E-state index in [1.807, 2.05) is 6.92 Å². The number of rotatable bonds is 5. The Morgan fingerprint density at radius 1 is 1.31 bits per heavy atom. The monoisotopic (exact) mass is 397 g/mol. The maximum atomic E-state index is 12.6. The van der Waals surface area contributed by atoms with Crippen LogP contribution in [0.4, 0.5) is 5.82 Å². The maximum Gasteiger partial charge on any atom is 0.262 e. The Morgan fingerprint density at radius 2 is 2.04 bits per heavy atom. The van der Waals surface area contributed by atoms with Crippen LogP contribution in [0.3, 0.4) is 0 Å². The average molecular weight is 398 g/mol. The Kier molecular flexibility index (Phi) is 5.59. The summed E-state index contributed by atoms with van der Waals surface area (Å²) in [6, 6.07) is 3.28. The van der Waals surface area contributed by atoms with E-state index < -0.39 is 10.0 Å². The summed E-state index contributed by atoms with van der Waals surface area (Å²) in [6.07, 6.45) is 5.40. The number of carbonyl (C=O) groups excluding carboxylic acids is 1. The second-order valence-corrected chi connectivity index (χ2v) is 8.39. The molecule has 8 nitrogen and oxygen atoms in total. The number of sulfonamides is 1. The quantitative estimate of drug-likeness (QED) is 0.832. The Labute approximate surface area is 157 Å². The van der Waals surface area contributed by atoms with E-state index in [9.17, 15) is 13.2 Å². The number of nitrogens with zero attached hydrogens (tertiary/aromatic N) is 4. The first-order valence-corrected chi connectivity index (χ1v) is 10.2. The Balaban J connectivity index is 1.59. The number of piperidine rings is 1. The number of amides is 1. The minimum Gasteiger partial charge on any atom is -0.336 e. The fourth-order valence-electron chi connectivity index (χ4n) is 2.81. The SMILES string of the molecule is CCn1cnc(S(=O)(=O)N2CCC(C(=O)Nc3ccc(Cl)cn3)CC2)c1. The lowest BCUT2D eigenvalue weighted by Crippen LogP contribution is -2.41. The summed E-state index contributed by atoms with van der Waals surface area (Å²) in [5, 5.41) is 3.28.